The van der Waals surface area contributed by atoms with Crippen molar-refractivity contribution in [3.8, 4) is 5.75 Å². The summed E-state index contributed by atoms with van der Waals surface area (Å²) in [7, 11) is -4.35. The molecule has 13 aromatic rings. The SMILES string of the molecule is CC(C)(C)OC(=O)N1CC(NS(=O)(=O)c2ccc(OC(F)(F)F)cc2)C(O)C(n2c3ccccc3c3ccccc32)C1.CC(C)(C)OC(=O)N1CC(O)C(O)C(n2c3ccccc3c3ccccc32)C1.CC(C)(C)OC(=O)N1CC=CC(n2c3ccccc3c3ccccc32)C1.CC(C)(C)OC(=O)OC1C=CCCC1.c1ccc2c(c1)[nH]c1ccccc12. The van der Waals surface area contributed by atoms with Crippen molar-refractivity contribution in [3.63, 3.8) is 0 Å². The summed E-state index contributed by atoms with van der Waals surface area (Å²) in [5.41, 5.74) is 5.89. The third-order valence-corrected chi connectivity index (χ3v) is 22.6. The van der Waals surface area contributed by atoms with Gasteiger partial charge < -0.3 is 77.1 Å². The number of carbonyl (C=O) groups is 4. The molecule has 3 amide bonds. The van der Waals surface area contributed by atoms with Crippen molar-refractivity contribution in [1.29, 1.82) is 0 Å². The largest absolute Gasteiger partial charge is 0.573 e. The van der Waals surface area contributed by atoms with Crippen LogP contribution in [0.4, 0.5) is 32.3 Å². The molecule has 9 aromatic carbocycles. The number of halogens is 3. The molecule has 8 atom stereocenters. The lowest BCUT2D eigenvalue weighted by Crippen LogP contribution is -2.60. The zero-order valence-electron chi connectivity index (χ0n) is 71.0. The molecule has 0 bridgehead atoms. The van der Waals surface area contributed by atoms with Gasteiger partial charge >= 0.3 is 30.8 Å². The molecule has 2 fully saturated rings. The zero-order valence-corrected chi connectivity index (χ0v) is 71.9. The second kappa shape index (κ2) is 36.7. The molecule has 648 valence electrons. The number of carbonyl (C=O) groups excluding carboxylic acids is 4. The number of amides is 3. The number of H-pyrrole nitrogens is 1. The summed E-state index contributed by atoms with van der Waals surface area (Å²) in [4.78, 5) is 57.2. The van der Waals surface area contributed by atoms with Crippen LogP contribution in [0.3, 0.4) is 0 Å². The van der Waals surface area contributed by atoms with Gasteiger partial charge in [0.05, 0.1) is 47.8 Å². The molecule has 8 unspecified atom stereocenters. The van der Waals surface area contributed by atoms with Crippen molar-refractivity contribution in [2.75, 3.05) is 39.3 Å². The predicted octanol–water partition coefficient (Wildman–Crippen LogP) is 20.0. The fourth-order valence-corrected chi connectivity index (χ4v) is 17.2. The molecule has 27 heteroatoms. The number of likely N-dealkylation sites (tertiary alicyclic amines) is 2. The smallest absolute Gasteiger partial charge is 0.444 e. The highest BCUT2D eigenvalue weighted by molar-refractivity contribution is 7.89. The van der Waals surface area contributed by atoms with Gasteiger partial charge in [0, 0.05) is 120 Å². The van der Waals surface area contributed by atoms with Crippen LogP contribution in [0.1, 0.15) is 120 Å². The van der Waals surface area contributed by atoms with E-state index in [4.69, 9.17) is 23.7 Å². The Morgan fingerprint density at radius 1 is 0.423 bits per heavy atom. The van der Waals surface area contributed by atoms with E-state index in [1.54, 1.807) is 25.7 Å². The lowest BCUT2D eigenvalue weighted by molar-refractivity contribution is -0.274. The maximum absolute atomic E-state index is 13.3. The summed E-state index contributed by atoms with van der Waals surface area (Å²) in [5.74, 6) is -0.582. The molecule has 0 spiro atoms. The van der Waals surface area contributed by atoms with Crippen LogP contribution >= 0.6 is 0 Å². The van der Waals surface area contributed by atoms with E-state index < -0.39 is 99.3 Å². The third-order valence-electron chi connectivity index (χ3n) is 21.1. The summed E-state index contributed by atoms with van der Waals surface area (Å²) in [5, 5.41) is 42.1. The number of rotatable bonds is 8. The maximum Gasteiger partial charge on any atom is 0.573 e. The van der Waals surface area contributed by atoms with Crippen molar-refractivity contribution in [2.24, 2.45) is 0 Å². The highest BCUT2D eigenvalue weighted by Gasteiger charge is 2.44. The van der Waals surface area contributed by atoms with Crippen LogP contribution in [-0.2, 0) is 33.7 Å². The molecule has 123 heavy (non-hydrogen) atoms. The van der Waals surface area contributed by atoms with Gasteiger partial charge in [0.1, 0.15) is 40.4 Å². The average molecular weight is 1700 g/mol. The van der Waals surface area contributed by atoms with Crippen molar-refractivity contribution in [3.05, 3.63) is 243 Å². The Labute approximate surface area is 712 Å². The van der Waals surface area contributed by atoms with Crippen molar-refractivity contribution in [2.45, 2.75) is 185 Å². The van der Waals surface area contributed by atoms with Gasteiger partial charge in [0.15, 0.2) is 0 Å². The molecule has 17 rings (SSSR count). The van der Waals surface area contributed by atoms with E-state index in [0.717, 1.165) is 87.1 Å². The van der Waals surface area contributed by atoms with E-state index >= 15 is 0 Å². The highest BCUT2D eigenvalue weighted by Crippen LogP contribution is 2.40. The lowest BCUT2D eigenvalue weighted by Gasteiger charge is -2.42. The molecule has 7 heterocycles. The number of allylic oxidation sites excluding steroid dienone is 1. The molecule has 0 radical (unpaired) electrons. The van der Waals surface area contributed by atoms with Gasteiger partial charge in [-0.1, -0.05) is 164 Å². The summed E-state index contributed by atoms with van der Waals surface area (Å²) in [6.07, 6.45) is 0.899. The lowest BCUT2D eigenvalue weighted by atomic mass is 9.97. The Bertz CT molecular complexity index is 5920. The number of aromatic amines is 1. The van der Waals surface area contributed by atoms with Crippen LogP contribution in [0.15, 0.2) is 248 Å². The standard InChI is InChI=1S/C29H30F3N3O6S.C22H26N2O4.C22H24N2O2.C12H9N.C11H18O3/c1-28(2,3)41-27(37)34-16-22(33-42(38,39)19-14-12-18(13-15-19)40-29(30,31)32)26(36)25(17-34)35-23-10-6-4-8-20(23)21-9-5-7-11-24(21)35;1-22(2,3)28-21(27)23-12-18(20(26)19(25)13-23)24-16-10-6-4-8-14(16)15-9-5-7-11-17(15)24;1-22(2,3)26-21(25)23-14-8-9-16(15-23)24-19-12-6-4-10-17(19)18-11-5-7-13-20(18)24;1-3-7-11-9(5-1)10-6-2-4-8-12(10)13-11;1-11(2,3)14-10(12)13-9-7-5-4-6-8-9/h4-15,22,25-26,33,36H,16-17H2,1-3H3;4-11,18-20,25-26H,12-13H2,1-3H3;4-13,16H,14-15H2,1-3H3;1-8,13H;5,7,9H,4,6,8H2,1-3H3. The average Bonchev–Trinajstić information content (AvgIpc) is 1.57. The third kappa shape index (κ3) is 21.6. The molecule has 4 aliphatic rings. The second-order valence-corrected chi connectivity index (χ2v) is 36.7. The van der Waals surface area contributed by atoms with E-state index in [-0.39, 0.29) is 49.3 Å². The number of aliphatic hydroxyl groups excluding tert-OH is 3. The number of β-amino-alcohol motifs (C(OH)–C–C–N with tert-alkyl or cyclic N) is 1. The van der Waals surface area contributed by atoms with Crippen LogP contribution in [0, 0.1) is 0 Å². The van der Waals surface area contributed by atoms with E-state index in [0.29, 0.717) is 13.1 Å². The van der Waals surface area contributed by atoms with Crippen LogP contribution in [0.2, 0.25) is 0 Å². The van der Waals surface area contributed by atoms with Gasteiger partial charge in [-0.3, -0.25) is 0 Å². The van der Waals surface area contributed by atoms with E-state index in [2.05, 4.69) is 128 Å². The molecular formula is C96H107F3N8O15S. The summed E-state index contributed by atoms with van der Waals surface area (Å²) < 4.78 is 104. The van der Waals surface area contributed by atoms with Gasteiger partial charge in [-0.2, -0.15) is 0 Å². The Morgan fingerprint density at radius 3 is 1.20 bits per heavy atom. The number of benzene rings is 9. The highest BCUT2D eigenvalue weighted by atomic mass is 32.2. The number of nitrogens with zero attached hydrogens (tertiary/aromatic N) is 6. The number of aliphatic hydroxyl groups is 3. The molecule has 5 N–H and O–H groups in total. The zero-order chi connectivity index (χ0) is 88.1. The number of fused-ring (bicyclic) bond motifs is 12. The number of sulfonamides is 1. The van der Waals surface area contributed by atoms with Crippen LogP contribution in [-0.4, -0.2) is 180 Å². The first-order chi connectivity index (χ1) is 58.2. The number of nitrogens with one attached hydrogen (secondary N) is 2. The van der Waals surface area contributed by atoms with E-state index in [9.17, 15) is 56.1 Å². The number of piperidine rings is 2. The number of para-hydroxylation sites is 8. The van der Waals surface area contributed by atoms with E-state index in [1.165, 1.54) is 53.4 Å². The minimum absolute atomic E-state index is 0.0282. The van der Waals surface area contributed by atoms with Crippen LogP contribution < -0.4 is 9.46 Å². The summed E-state index contributed by atoms with van der Waals surface area (Å²) in [6.45, 7) is 23.0. The molecular weight excluding hydrogens is 1590 g/mol. The molecule has 2 saturated heterocycles. The fourth-order valence-electron chi connectivity index (χ4n) is 16.0. The summed E-state index contributed by atoms with van der Waals surface area (Å²) >= 11 is 0. The minimum Gasteiger partial charge on any atom is -0.444 e. The topological polar surface area (TPSA) is 271 Å². The minimum atomic E-state index is -4.93. The van der Waals surface area contributed by atoms with Gasteiger partial charge in [-0.15, -0.1) is 13.2 Å². The van der Waals surface area contributed by atoms with Crippen LogP contribution in [0.25, 0.3) is 87.2 Å². The molecule has 1 aliphatic carbocycles. The Hall–Kier alpha value is -11.9. The number of ether oxygens (including phenoxy) is 6. The second-order valence-electron chi connectivity index (χ2n) is 35.0. The van der Waals surface area contributed by atoms with Crippen LogP contribution in [0.5, 0.6) is 5.75 Å². The quantitative estimate of drug-likeness (QED) is 0.0538. The first kappa shape index (κ1) is 88.9. The Balaban J connectivity index is 0.000000141. The van der Waals surface area contributed by atoms with Gasteiger partial charge in [-0.25, -0.2) is 32.3 Å². The van der Waals surface area contributed by atoms with Crippen molar-refractivity contribution < 1.29 is 84.5 Å². The van der Waals surface area contributed by atoms with Crippen molar-refractivity contribution in [1.82, 2.24) is 38.1 Å². The fraction of sp³-hybridized carbons (Fsp3) is 0.354. The van der Waals surface area contributed by atoms with Crippen molar-refractivity contribution >= 4 is 122 Å². The molecule has 23 nitrogen and oxygen atoms in total. The Morgan fingerprint density at radius 2 is 0.797 bits per heavy atom. The monoisotopic (exact) mass is 1700 g/mol. The van der Waals surface area contributed by atoms with E-state index in [1.807, 2.05) is 181 Å². The normalized spacial score (nSPS) is 19.6. The number of aromatic nitrogens is 4. The first-order valence-electron chi connectivity index (χ1n) is 41.2. The predicted molar refractivity (Wildman–Crippen MR) is 473 cm³/mol. The van der Waals surface area contributed by atoms with Gasteiger partial charge in [-0.05, 0) is 181 Å². The molecule has 3 aliphatic heterocycles. The number of alkyl halides is 3. The van der Waals surface area contributed by atoms with Gasteiger partial charge in [0.25, 0.3) is 0 Å². The Kier molecular flexibility index (Phi) is 26.5. The maximum atomic E-state index is 13.3. The number of hydrogen-bond acceptors (Lipinski definition) is 15. The number of hydrogen-bond donors (Lipinski definition) is 5. The molecule has 0 saturated carbocycles. The summed E-state index contributed by atoms with van der Waals surface area (Å²) in [6, 6.07) is 66.1. The molecule has 4 aromatic heterocycles. The first-order valence-corrected chi connectivity index (χ1v) is 42.7. The van der Waals surface area contributed by atoms with Gasteiger partial charge in [0.2, 0.25) is 10.0 Å².